The lowest BCUT2D eigenvalue weighted by molar-refractivity contribution is -0.115. The first-order chi connectivity index (χ1) is 11.9. The van der Waals surface area contributed by atoms with Gasteiger partial charge in [-0.2, -0.15) is 0 Å². The van der Waals surface area contributed by atoms with Crippen LogP contribution in [0.5, 0.6) is 0 Å². The minimum Gasteiger partial charge on any atom is -0.302 e. The lowest BCUT2D eigenvalue weighted by atomic mass is 10.1. The summed E-state index contributed by atoms with van der Waals surface area (Å²) in [6.45, 7) is 0. The molecule has 0 saturated carbocycles. The van der Waals surface area contributed by atoms with Gasteiger partial charge < -0.3 is 5.32 Å². The zero-order chi connectivity index (χ0) is 18.0. The molecule has 1 amide bonds. The van der Waals surface area contributed by atoms with Crippen molar-refractivity contribution in [1.29, 1.82) is 0 Å². The summed E-state index contributed by atoms with van der Waals surface area (Å²) in [4.78, 5) is 16.3. The molecule has 0 atom stereocenters. The van der Waals surface area contributed by atoms with E-state index in [1.165, 1.54) is 5.38 Å². The summed E-state index contributed by atoms with van der Waals surface area (Å²) in [5.41, 5.74) is 0.787. The molecule has 0 fully saturated rings. The Balaban J connectivity index is 1.75. The maximum Gasteiger partial charge on any atom is 0.230 e. The number of aromatic nitrogens is 1. The standard InChI is InChI=1S/C17H10Cl2F2N2OS/c18-12-2-1-3-13(19)10(12)7-16(24)23-17-22-15(8-25-17)11-6-9(20)4-5-14(11)21/h1-6,8H,7H2,(H,22,23,24). The molecule has 25 heavy (non-hydrogen) atoms. The van der Waals surface area contributed by atoms with E-state index in [2.05, 4.69) is 10.3 Å². The Morgan fingerprint density at radius 2 is 1.88 bits per heavy atom. The van der Waals surface area contributed by atoms with Gasteiger partial charge in [0.25, 0.3) is 0 Å². The molecule has 3 nitrogen and oxygen atoms in total. The highest BCUT2D eigenvalue weighted by molar-refractivity contribution is 7.14. The second kappa shape index (κ2) is 7.47. The molecule has 3 rings (SSSR count). The number of benzene rings is 2. The monoisotopic (exact) mass is 398 g/mol. The van der Waals surface area contributed by atoms with Crippen molar-refractivity contribution in [2.75, 3.05) is 5.32 Å². The van der Waals surface area contributed by atoms with Gasteiger partial charge in [0.1, 0.15) is 11.6 Å². The van der Waals surface area contributed by atoms with Gasteiger partial charge in [0, 0.05) is 21.0 Å². The fraction of sp³-hybridized carbons (Fsp3) is 0.0588. The van der Waals surface area contributed by atoms with Gasteiger partial charge in [-0.3, -0.25) is 4.79 Å². The smallest absolute Gasteiger partial charge is 0.230 e. The topological polar surface area (TPSA) is 42.0 Å². The number of hydrogen-bond donors (Lipinski definition) is 1. The number of carbonyl (C=O) groups excluding carboxylic acids is 1. The van der Waals surface area contributed by atoms with Crippen molar-refractivity contribution in [2.24, 2.45) is 0 Å². The third-order valence-electron chi connectivity index (χ3n) is 3.35. The summed E-state index contributed by atoms with van der Waals surface area (Å²) in [7, 11) is 0. The van der Waals surface area contributed by atoms with Crippen LogP contribution in [0.25, 0.3) is 11.3 Å². The number of thiazole rings is 1. The van der Waals surface area contributed by atoms with Crippen molar-refractivity contribution in [3.8, 4) is 11.3 Å². The molecule has 2 aromatic carbocycles. The van der Waals surface area contributed by atoms with E-state index in [1.807, 2.05) is 0 Å². The van der Waals surface area contributed by atoms with Gasteiger partial charge in [0.05, 0.1) is 12.1 Å². The molecule has 1 aromatic heterocycles. The van der Waals surface area contributed by atoms with Crippen molar-refractivity contribution in [2.45, 2.75) is 6.42 Å². The summed E-state index contributed by atoms with van der Waals surface area (Å²) >= 11 is 13.2. The van der Waals surface area contributed by atoms with Crippen LogP contribution in [0.4, 0.5) is 13.9 Å². The van der Waals surface area contributed by atoms with Crippen LogP contribution in [-0.4, -0.2) is 10.9 Å². The first kappa shape index (κ1) is 17.8. The highest BCUT2D eigenvalue weighted by Crippen LogP contribution is 2.28. The van der Waals surface area contributed by atoms with Gasteiger partial charge in [-0.1, -0.05) is 29.3 Å². The van der Waals surface area contributed by atoms with E-state index >= 15 is 0 Å². The van der Waals surface area contributed by atoms with Gasteiger partial charge in [0.15, 0.2) is 5.13 Å². The number of amides is 1. The first-order valence-corrected chi connectivity index (χ1v) is 8.71. The van der Waals surface area contributed by atoms with Crippen LogP contribution in [0.3, 0.4) is 0 Å². The van der Waals surface area contributed by atoms with Crippen LogP contribution in [0.2, 0.25) is 10.0 Å². The van der Waals surface area contributed by atoms with Crippen molar-refractivity contribution in [3.05, 3.63) is 69.0 Å². The van der Waals surface area contributed by atoms with Gasteiger partial charge >= 0.3 is 0 Å². The van der Waals surface area contributed by atoms with Crippen molar-refractivity contribution < 1.29 is 13.6 Å². The minimum atomic E-state index is -0.590. The van der Waals surface area contributed by atoms with E-state index < -0.39 is 11.6 Å². The van der Waals surface area contributed by atoms with Gasteiger partial charge in [0.2, 0.25) is 5.91 Å². The molecule has 1 heterocycles. The predicted octanol–water partition coefficient (Wildman–Crippen LogP) is 5.58. The number of rotatable bonds is 4. The van der Waals surface area contributed by atoms with Gasteiger partial charge in [-0.05, 0) is 35.9 Å². The molecule has 0 bridgehead atoms. The maximum atomic E-state index is 13.8. The van der Waals surface area contributed by atoms with E-state index in [-0.39, 0.29) is 28.7 Å². The zero-order valence-electron chi connectivity index (χ0n) is 12.5. The second-order valence-corrected chi connectivity index (χ2v) is 6.76. The summed E-state index contributed by atoms with van der Waals surface area (Å²) in [5.74, 6) is -1.52. The SMILES string of the molecule is O=C(Cc1c(Cl)cccc1Cl)Nc1nc(-c2cc(F)ccc2F)cs1. The summed E-state index contributed by atoms with van der Waals surface area (Å²) in [6.07, 6.45) is -0.0260. The highest BCUT2D eigenvalue weighted by atomic mass is 35.5. The van der Waals surface area contributed by atoms with E-state index in [0.29, 0.717) is 15.6 Å². The molecule has 8 heteroatoms. The summed E-state index contributed by atoms with van der Waals surface area (Å²) < 4.78 is 27.1. The highest BCUT2D eigenvalue weighted by Gasteiger charge is 2.14. The zero-order valence-corrected chi connectivity index (χ0v) is 14.9. The molecule has 1 N–H and O–H groups in total. The molecule has 0 aliphatic rings. The summed E-state index contributed by atoms with van der Waals surface area (Å²) in [5, 5.41) is 5.20. The third kappa shape index (κ3) is 4.15. The van der Waals surface area contributed by atoms with Crippen LogP contribution >= 0.6 is 34.5 Å². The molecule has 3 aromatic rings. The van der Waals surface area contributed by atoms with E-state index in [4.69, 9.17) is 23.2 Å². The van der Waals surface area contributed by atoms with Crippen molar-refractivity contribution in [1.82, 2.24) is 4.98 Å². The van der Waals surface area contributed by atoms with Gasteiger partial charge in [-0.25, -0.2) is 13.8 Å². The number of nitrogens with one attached hydrogen (secondary N) is 1. The van der Waals surface area contributed by atoms with Gasteiger partial charge in [-0.15, -0.1) is 11.3 Å². The molecule has 0 unspecified atom stereocenters. The lowest BCUT2D eigenvalue weighted by Crippen LogP contribution is -2.14. The molecule has 128 valence electrons. The Morgan fingerprint density at radius 3 is 2.60 bits per heavy atom. The Labute approximate surface area is 156 Å². The van der Waals surface area contributed by atoms with Crippen LogP contribution in [-0.2, 0) is 11.2 Å². The Bertz CT molecular complexity index is 926. The molecule has 0 spiro atoms. The molecular formula is C17H10Cl2F2N2OS. The quantitative estimate of drug-likeness (QED) is 0.623. The Morgan fingerprint density at radius 1 is 1.16 bits per heavy atom. The predicted molar refractivity (Wildman–Crippen MR) is 96.3 cm³/mol. The number of carbonyl (C=O) groups is 1. The van der Waals surface area contributed by atoms with E-state index in [9.17, 15) is 13.6 Å². The first-order valence-electron chi connectivity index (χ1n) is 7.07. The van der Waals surface area contributed by atoms with Crippen molar-refractivity contribution in [3.63, 3.8) is 0 Å². The Hall–Kier alpha value is -2.02. The van der Waals surface area contributed by atoms with Crippen LogP contribution in [0, 0.1) is 11.6 Å². The van der Waals surface area contributed by atoms with E-state index in [0.717, 1.165) is 29.5 Å². The maximum absolute atomic E-state index is 13.8. The number of nitrogens with zero attached hydrogens (tertiary/aromatic N) is 1. The second-order valence-electron chi connectivity index (χ2n) is 5.09. The molecular weight excluding hydrogens is 389 g/mol. The molecule has 0 saturated heterocycles. The van der Waals surface area contributed by atoms with Crippen LogP contribution < -0.4 is 5.32 Å². The summed E-state index contributed by atoms with van der Waals surface area (Å²) in [6, 6.07) is 8.09. The van der Waals surface area contributed by atoms with Crippen LogP contribution in [0.1, 0.15) is 5.56 Å². The normalized spacial score (nSPS) is 10.7. The number of halogens is 4. The number of anilines is 1. The minimum absolute atomic E-state index is 0.0260. The fourth-order valence-corrected chi connectivity index (χ4v) is 3.43. The Kier molecular flexibility index (Phi) is 5.32. The number of hydrogen-bond acceptors (Lipinski definition) is 3. The molecule has 0 aliphatic heterocycles. The average Bonchev–Trinajstić information content (AvgIpc) is 3.01. The average molecular weight is 399 g/mol. The third-order valence-corrected chi connectivity index (χ3v) is 4.82. The van der Waals surface area contributed by atoms with E-state index in [1.54, 1.807) is 18.2 Å². The largest absolute Gasteiger partial charge is 0.302 e. The van der Waals surface area contributed by atoms with Crippen LogP contribution in [0.15, 0.2) is 41.8 Å². The molecule has 0 radical (unpaired) electrons. The lowest BCUT2D eigenvalue weighted by Gasteiger charge is -2.06. The fourth-order valence-electron chi connectivity index (χ4n) is 2.17. The molecule has 0 aliphatic carbocycles. The van der Waals surface area contributed by atoms with Crippen molar-refractivity contribution >= 4 is 45.6 Å².